The number of anilines is 1. The summed E-state index contributed by atoms with van der Waals surface area (Å²) in [7, 11) is 0. The second-order valence-corrected chi connectivity index (χ2v) is 5.95. The molecule has 112 valence electrons. The zero-order valence-electron chi connectivity index (χ0n) is 12.1. The topological polar surface area (TPSA) is 38.3 Å². The fourth-order valence-corrected chi connectivity index (χ4v) is 3.39. The molecule has 3 nitrogen and oxygen atoms in total. The fraction of sp³-hybridized carbons (Fsp3) is 0.312. The SMILES string of the molecule is CCOc1ccc(NC(=O)c2sccc2CC)cc1CBr. The smallest absolute Gasteiger partial charge is 0.266 e. The summed E-state index contributed by atoms with van der Waals surface area (Å²) in [6.07, 6.45) is 0.863. The number of hydrogen-bond donors (Lipinski definition) is 1. The van der Waals surface area contributed by atoms with Gasteiger partial charge in [0.25, 0.3) is 5.91 Å². The van der Waals surface area contributed by atoms with E-state index in [1.165, 1.54) is 11.3 Å². The van der Waals surface area contributed by atoms with Gasteiger partial charge in [-0.2, -0.15) is 0 Å². The van der Waals surface area contributed by atoms with Crippen molar-refractivity contribution < 1.29 is 9.53 Å². The van der Waals surface area contributed by atoms with E-state index in [1.54, 1.807) is 0 Å². The molecule has 1 heterocycles. The predicted molar refractivity (Wildman–Crippen MR) is 91.9 cm³/mol. The van der Waals surface area contributed by atoms with Crippen LogP contribution in [0.1, 0.15) is 34.6 Å². The van der Waals surface area contributed by atoms with Crippen LogP contribution < -0.4 is 10.1 Å². The maximum absolute atomic E-state index is 12.3. The number of ether oxygens (including phenoxy) is 1. The molecule has 1 N–H and O–H groups in total. The Morgan fingerprint density at radius 3 is 2.76 bits per heavy atom. The second-order valence-electron chi connectivity index (χ2n) is 4.47. The van der Waals surface area contributed by atoms with Crippen molar-refractivity contribution in [3.63, 3.8) is 0 Å². The molecule has 0 radical (unpaired) electrons. The maximum atomic E-state index is 12.3. The Morgan fingerprint density at radius 2 is 2.10 bits per heavy atom. The lowest BCUT2D eigenvalue weighted by Gasteiger charge is -2.11. The van der Waals surface area contributed by atoms with E-state index in [-0.39, 0.29) is 5.91 Å². The van der Waals surface area contributed by atoms with E-state index in [2.05, 4.69) is 28.2 Å². The Kier molecular flexibility index (Phi) is 5.82. The van der Waals surface area contributed by atoms with Crippen LogP contribution in [0.4, 0.5) is 5.69 Å². The van der Waals surface area contributed by atoms with Gasteiger partial charge in [0.05, 0.1) is 11.5 Å². The van der Waals surface area contributed by atoms with Crippen molar-refractivity contribution in [2.75, 3.05) is 11.9 Å². The Balaban J connectivity index is 2.18. The first-order valence-corrected chi connectivity index (χ1v) is 8.89. The first-order chi connectivity index (χ1) is 10.2. The minimum absolute atomic E-state index is 0.0495. The summed E-state index contributed by atoms with van der Waals surface area (Å²) in [5.41, 5.74) is 2.90. The van der Waals surface area contributed by atoms with Crippen molar-refractivity contribution in [3.05, 3.63) is 45.6 Å². The number of thiophene rings is 1. The number of halogens is 1. The number of carbonyl (C=O) groups excluding carboxylic acids is 1. The monoisotopic (exact) mass is 367 g/mol. The zero-order valence-corrected chi connectivity index (χ0v) is 14.5. The number of nitrogens with one attached hydrogen (secondary N) is 1. The van der Waals surface area contributed by atoms with Gasteiger partial charge >= 0.3 is 0 Å². The van der Waals surface area contributed by atoms with Gasteiger partial charge in [0.1, 0.15) is 5.75 Å². The van der Waals surface area contributed by atoms with E-state index < -0.39 is 0 Å². The lowest BCUT2D eigenvalue weighted by atomic mass is 10.1. The van der Waals surface area contributed by atoms with E-state index >= 15 is 0 Å². The summed E-state index contributed by atoms with van der Waals surface area (Å²) in [5, 5.41) is 5.60. The third-order valence-electron chi connectivity index (χ3n) is 3.10. The number of alkyl halides is 1. The summed E-state index contributed by atoms with van der Waals surface area (Å²) >= 11 is 4.93. The van der Waals surface area contributed by atoms with Crippen LogP contribution in [0.25, 0.3) is 0 Å². The highest BCUT2D eigenvalue weighted by Crippen LogP contribution is 2.26. The highest BCUT2D eigenvalue weighted by Gasteiger charge is 2.13. The molecule has 0 fully saturated rings. The molecule has 0 aliphatic carbocycles. The van der Waals surface area contributed by atoms with Crippen LogP contribution in [0, 0.1) is 0 Å². The predicted octanol–water partition coefficient (Wildman–Crippen LogP) is 4.86. The van der Waals surface area contributed by atoms with Gasteiger partial charge < -0.3 is 10.1 Å². The maximum Gasteiger partial charge on any atom is 0.266 e. The number of rotatable bonds is 6. The average molecular weight is 368 g/mol. The second kappa shape index (κ2) is 7.61. The first kappa shape index (κ1) is 16.0. The molecule has 0 saturated carbocycles. The van der Waals surface area contributed by atoms with E-state index in [9.17, 15) is 4.79 Å². The van der Waals surface area contributed by atoms with Crippen molar-refractivity contribution in [1.82, 2.24) is 0 Å². The van der Waals surface area contributed by atoms with Crippen molar-refractivity contribution >= 4 is 38.9 Å². The molecule has 2 rings (SSSR count). The van der Waals surface area contributed by atoms with Gasteiger partial charge in [-0.25, -0.2) is 0 Å². The van der Waals surface area contributed by atoms with Crippen molar-refractivity contribution in [1.29, 1.82) is 0 Å². The molecule has 0 unspecified atom stereocenters. The Morgan fingerprint density at radius 1 is 1.29 bits per heavy atom. The standard InChI is InChI=1S/C16H18BrNO2S/c1-3-11-7-8-21-15(11)16(19)18-13-5-6-14(20-4-2)12(9-13)10-17/h5-9H,3-4,10H2,1-2H3,(H,18,19). The Hall–Kier alpha value is -1.33. The average Bonchev–Trinajstić information content (AvgIpc) is 2.97. The molecule has 0 bridgehead atoms. The van der Waals surface area contributed by atoms with Crippen molar-refractivity contribution in [2.45, 2.75) is 25.6 Å². The third-order valence-corrected chi connectivity index (χ3v) is 4.66. The molecule has 0 aliphatic heterocycles. The number of benzene rings is 1. The van der Waals surface area contributed by atoms with Gasteiger partial charge in [0.15, 0.2) is 0 Å². The van der Waals surface area contributed by atoms with Crippen LogP contribution in [-0.2, 0) is 11.8 Å². The Bertz CT molecular complexity index is 624. The third kappa shape index (κ3) is 3.86. The minimum Gasteiger partial charge on any atom is -0.494 e. The van der Waals surface area contributed by atoms with Gasteiger partial charge in [-0.05, 0) is 48.6 Å². The number of amides is 1. The summed E-state index contributed by atoms with van der Waals surface area (Å²) in [5.74, 6) is 0.796. The number of aryl methyl sites for hydroxylation is 1. The van der Waals surface area contributed by atoms with Crippen LogP contribution >= 0.6 is 27.3 Å². The zero-order chi connectivity index (χ0) is 15.2. The van der Waals surface area contributed by atoms with Crippen LogP contribution in [0.5, 0.6) is 5.75 Å². The molecular weight excluding hydrogens is 350 g/mol. The molecule has 5 heteroatoms. The highest BCUT2D eigenvalue weighted by atomic mass is 79.9. The molecule has 2 aromatic rings. The summed E-state index contributed by atoms with van der Waals surface area (Å²) < 4.78 is 5.56. The molecule has 0 saturated heterocycles. The largest absolute Gasteiger partial charge is 0.494 e. The van der Waals surface area contributed by atoms with Crippen LogP contribution in [-0.4, -0.2) is 12.5 Å². The highest BCUT2D eigenvalue weighted by molar-refractivity contribution is 9.08. The van der Waals surface area contributed by atoms with Gasteiger partial charge in [0.2, 0.25) is 0 Å². The molecule has 1 aromatic carbocycles. The van der Waals surface area contributed by atoms with Gasteiger partial charge in [-0.3, -0.25) is 4.79 Å². The molecule has 21 heavy (non-hydrogen) atoms. The van der Waals surface area contributed by atoms with E-state index in [4.69, 9.17) is 4.74 Å². The lowest BCUT2D eigenvalue weighted by Crippen LogP contribution is -2.12. The molecule has 0 atom stereocenters. The van der Waals surface area contributed by atoms with Crippen LogP contribution in [0.3, 0.4) is 0 Å². The number of carbonyl (C=O) groups is 1. The molecule has 0 spiro atoms. The number of hydrogen-bond acceptors (Lipinski definition) is 3. The van der Waals surface area contributed by atoms with E-state index in [0.29, 0.717) is 11.9 Å². The lowest BCUT2D eigenvalue weighted by molar-refractivity contribution is 0.103. The normalized spacial score (nSPS) is 10.4. The summed E-state index contributed by atoms with van der Waals surface area (Å²) in [6, 6.07) is 7.71. The van der Waals surface area contributed by atoms with Gasteiger partial charge in [0, 0.05) is 16.6 Å². The Labute approximate surface area is 137 Å². The van der Waals surface area contributed by atoms with Gasteiger partial charge in [-0.15, -0.1) is 11.3 Å². The van der Waals surface area contributed by atoms with Crippen LogP contribution in [0.15, 0.2) is 29.6 Å². The van der Waals surface area contributed by atoms with Gasteiger partial charge in [-0.1, -0.05) is 22.9 Å². The molecule has 1 aromatic heterocycles. The summed E-state index contributed by atoms with van der Waals surface area (Å²) in [4.78, 5) is 13.1. The van der Waals surface area contributed by atoms with E-state index in [0.717, 1.165) is 33.9 Å². The first-order valence-electron chi connectivity index (χ1n) is 6.89. The van der Waals surface area contributed by atoms with Crippen molar-refractivity contribution in [2.24, 2.45) is 0 Å². The quantitative estimate of drug-likeness (QED) is 0.740. The van der Waals surface area contributed by atoms with Crippen LogP contribution in [0.2, 0.25) is 0 Å². The van der Waals surface area contributed by atoms with Crippen molar-refractivity contribution in [3.8, 4) is 5.75 Å². The molecule has 0 aliphatic rings. The minimum atomic E-state index is -0.0495. The molecular formula is C16H18BrNO2S. The van der Waals surface area contributed by atoms with E-state index in [1.807, 2.05) is 36.6 Å². The fourth-order valence-electron chi connectivity index (χ4n) is 2.06. The molecule has 1 amide bonds. The summed E-state index contributed by atoms with van der Waals surface area (Å²) in [6.45, 7) is 4.64.